The first-order valence-corrected chi connectivity index (χ1v) is 10.4. The van der Waals surface area contributed by atoms with Crippen LogP contribution in [0.3, 0.4) is 0 Å². The SMILES string of the molecule is CCC(OC(=O)c1ccc2nc(-c3cccnc3)[nH]c2c1)C(=O)Nc1cc(C)ccc1C. The molecule has 2 heterocycles. The van der Waals surface area contributed by atoms with Crippen molar-refractivity contribution < 1.29 is 14.3 Å². The van der Waals surface area contributed by atoms with Gasteiger partial charge in [-0.1, -0.05) is 19.1 Å². The van der Waals surface area contributed by atoms with Crippen molar-refractivity contribution in [1.82, 2.24) is 15.0 Å². The number of H-pyrrole nitrogens is 1. The lowest BCUT2D eigenvalue weighted by atomic mass is 10.1. The van der Waals surface area contributed by atoms with Crippen LogP contribution in [0.4, 0.5) is 5.69 Å². The Balaban J connectivity index is 1.50. The molecule has 0 fully saturated rings. The highest BCUT2D eigenvalue weighted by molar-refractivity contribution is 5.99. The minimum absolute atomic E-state index is 0.344. The molecule has 7 heteroatoms. The van der Waals surface area contributed by atoms with E-state index in [0.717, 1.165) is 22.2 Å². The van der Waals surface area contributed by atoms with Gasteiger partial charge in [-0.05, 0) is 67.8 Å². The second kappa shape index (κ2) is 9.01. The molecule has 7 nitrogen and oxygen atoms in total. The van der Waals surface area contributed by atoms with Gasteiger partial charge in [-0.25, -0.2) is 9.78 Å². The zero-order chi connectivity index (χ0) is 22.7. The van der Waals surface area contributed by atoms with Crippen LogP contribution >= 0.6 is 0 Å². The van der Waals surface area contributed by atoms with E-state index in [-0.39, 0.29) is 5.91 Å². The maximum absolute atomic E-state index is 12.8. The van der Waals surface area contributed by atoms with Crippen LogP contribution in [0.2, 0.25) is 0 Å². The lowest BCUT2D eigenvalue weighted by Gasteiger charge is -2.17. The molecule has 0 saturated heterocycles. The number of benzene rings is 2. The number of imidazole rings is 1. The summed E-state index contributed by atoms with van der Waals surface area (Å²) in [6, 6.07) is 14.6. The fourth-order valence-corrected chi connectivity index (χ4v) is 3.38. The largest absolute Gasteiger partial charge is 0.449 e. The summed E-state index contributed by atoms with van der Waals surface area (Å²) in [5, 5.41) is 2.87. The summed E-state index contributed by atoms with van der Waals surface area (Å²) in [6.07, 6.45) is 2.87. The smallest absolute Gasteiger partial charge is 0.338 e. The number of hydrogen-bond acceptors (Lipinski definition) is 5. The van der Waals surface area contributed by atoms with Crippen molar-refractivity contribution in [1.29, 1.82) is 0 Å². The van der Waals surface area contributed by atoms with E-state index < -0.39 is 12.1 Å². The molecular weight excluding hydrogens is 404 g/mol. The zero-order valence-electron chi connectivity index (χ0n) is 18.2. The van der Waals surface area contributed by atoms with Gasteiger partial charge in [0.15, 0.2) is 6.10 Å². The summed E-state index contributed by atoms with van der Waals surface area (Å²) >= 11 is 0. The minimum Gasteiger partial charge on any atom is -0.449 e. The Morgan fingerprint density at radius 2 is 1.97 bits per heavy atom. The molecule has 162 valence electrons. The normalized spacial score (nSPS) is 11.8. The Kier molecular flexibility index (Phi) is 5.98. The molecule has 2 aromatic heterocycles. The van der Waals surface area contributed by atoms with Crippen molar-refractivity contribution in [3.8, 4) is 11.4 Å². The van der Waals surface area contributed by atoms with Crippen LogP contribution in [-0.4, -0.2) is 32.9 Å². The molecule has 1 atom stereocenters. The fraction of sp³-hybridized carbons (Fsp3) is 0.200. The number of fused-ring (bicyclic) bond motifs is 1. The van der Waals surface area contributed by atoms with Gasteiger partial charge in [-0.2, -0.15) is 0 Å². The number of amides is 1. The highest BCUT2D eigenvalue weighted by Gasteiger charge is 2.23. The van der Waals surface area contributed by atoms with Crippen molar-refractivity contribution in [2.75, 3.05) is 5.32 Å². The molecule has 0 aliphatic heterocycles. The fourth-order valence-electron chi connectivity index (χ4n) is 3.38. The third-order valence-corrected chi connectivity index (χ3v) is 5.22. The van der Waals surface area contributed by atoms with Crippen LogP contribution in [0.15, 0.2) is 60.9 Å². The van der Waals surface area contributed by atoms with Crippen LogP contribution < -0.4 is 5.32 Å². The van der Waals surface area contributed by atoms with E-state index in [1.807, 2.05) is 44.2 Å². The minimum atomic E-state index is -0.897. The van der Waals surface area contributed by atoms with Gasteiger partial charge >= 0.3 is 5.97 Å². The number of carbonyl (C=O) groups is 2. The number of aromatic nitrogens is 3. The number of anilines is 1. The first-order chi connectivity index (χ1) is 15.4. The van der Waals surface area contributed by atoms with Crippen LogP contribution in [0.1, 0.15) is 34.8 Å². The van der Waals surface area contributed by atoms with E-state index in [9.17, 15) is 9.59 Å². The molecule has 2 N–H and O–H groups in total. The van der Waals surface area contributed by atoms with Gasteiger partial charge in [-0.3, -0.25) is 9.78 Å². The molecule has 32 heavy (non-hydrogen) atoms. The van der Waals surface area contributed by atoms with Crippen molar-refractivity contribution in [2.24, 2.45) is 0 Å². The molecule has 0 aliphatic carbocycles. The van der Waals surface area contributed by atoms with E-state index in [1.54, 1.807) is 37.5 Å². The highest BCUT2D eigenvalue weighted by Crippen LogP contribution is 2.22. The summed E-state index contributed by atoms with van der Waals surface area (Å²) in [4.78, 5) is 37.3. The molecule has 1 unspecified atom stereocenters. The Bertz CT molecular complexity index is 1280. The number of nitrogens with one attached hydrogen (secondary N) is 2. The predicted molar refractivity (Wildman–Crippen MR) is 123 cm³/mol. The topological polar surface area (TPSA) is 97.0 Å². The third-order valence-electron chi connectivity index (χ3n) is 5.22. The molecule has 4 rings (SSSR count). The lowest BCUT2D eigenvalue weighted by Crippen LogP contribution is -2.32. The van der Waals surface area contributed by atoms with Crippen LogP contribution in [0.25, 0.3) is 22.4 Å². The quantitative estimate of drug-likeness (QED) is 0.429. The molecule has 2 aromatic carbocycles. The molecular formula is C25H24N4O3. The average molecular weight is 428 g/mol. The first-order valence-electron chi connectivity index (χ1n) is 10.4. The van der Waals surface area contributed by atoms with Gasteiger partial charge in [0.25, 0.3) is 5.91 Å². The second-order valence-electron chi connectivity index (χ2n) is 7.67. The summed E-state index contributed by atoms with van der Waals surface area (Å²) < 4.78 is 5.53. The molecule has 0 bridgehead atoms. The summed E-state index contributed by atoms with van der Waals surface area (Å²) in [5.74, 6) is -0.249. The van der Waals surface area contributed by atoms with Crippen molar-refractivity contribution in [3.05, 3.63) is 77.6 Å². The van der Waals surface area contributed by atoms with E-state index in [0.29, 0.717) is 29.0 Å². The number of aromatic amines is 1. The van der Waals surface area contributed by atoms with Gasteiger partial charge in [0.05, 0.1) is 16.6 Å². The molecule has 0 saturated carbocycles. The molecule has 0 aliphatic rings. The summed E-state index contributed by atoms with van der Waals surface area (Å²) in [6.45, 7) is 5.68. The Labute approximate surface area is 185 Å². The average Bonchev–Trinajstić information content (AvgIpc) is 3.23. The number of esters is 1. The summed E-state index contributed by atoms with van der Waals surface area (Å²) in [7, 11) is 0. The number of hydrogen-bond donors (Lipinski definition) is 2. The molecule has 0 spiro atoms. The number of aryl methyl sites for hydroxylation is 2. The maximum atomic E-state index is 12.8. The zero-order valence-corrected chi connectivity index (χ0v) is 18.2. The van der Waals surface area contributed by atoms with E-state index in [2.05, 4.69) is 20.3 Å². The van der Waals surface area contributed by atoms with Crippen LogP contribution in [0.5, 0.6) is 0 Å². The highest BCUT2D eigenvalue weighted by atomic mass is 16.5. The summed E-state index contributed by atoms with van der Waals surface area (Å²) in [5.41, 5.74) is 5.31. The van der Waals surface area contributed by atoms with E-state index in [1.165, 1.54) is 0 Å². The lowest BCUT2D eigenvalue weighted by molar-refractivity contribution is -0.124. The second-order valence-corrected chi connectivity index (χ2v) is 7.67. The number of nitrogens with zero attached hydrogens (tertiary/aromatic N) is 2. The maximum Gasteiger partial charge on any atom is 0.338 e. The van der Waals surface area contributed by atoms with Crippen LogP contribution in [0, 0.1) is 13.8 Å². The Morgan fingerprint density at radius 3 is 2.72 bits per heavy atom. The van der Waals surface area contributed by atoms with Crippen molar-refractivity contribution >= 4 is 28.6 Å². The van der Waals surface area contributed by atoms with Gasteiger partial charge in [0, 0.05) is 23.6 Å². The molecule has 4 aromatic rings. The first kappa shape index (κ1) is 21.2. The Morgan fingerprint density at radius 1 is 1.12 bits per heavy atom. The van der Waals surface area contributed by atoms with Crippen molar-refractivity contribution in [3.63, 3.8) is 0 Å². The van der Waals surface area contributed by atoms with E-state index >= 15 is 0 Å². The predicted octanol–water partition coefficient (Wildman–Crippen LogP) is 4.82. The van der Waals surface area contributed by atoms with Crippen molar-refractivity contribution in [2.45, 2.75) is 33.3 Å². The monoisotopic (exact) mass is 428 g/mol. The van der Waals surface area contributed by atoms with E-state index in [4.69, 9.17) is 4.74 Å². The van der Waals surface area contributed by atoms with Gasteiger partial charge in [0.2, 0.25) is 0 Å². The van der Waals surface area contributed by atoms with Gasteiger partial charge < -0.3 is 15.0 Å². The molecule has 0 radical (unpaired) electrons. The number of ether oxygens (including phenoxy) is 1. The van der Waals surface area contributed by atoms with Gasteiger partial charge in [-0.15, -0.1) is 0 Å². The number of carbonyl (C=O) groups excluding carboxylic acids is 2. The number of rotatable bonds is 6. The molecule has 1 amide bonds. The third kappa shape index (κ3) is 4.51. The number of pyridine rings is 1. The van der Waals surface area contributed by atoms with Gasteiger partial charge in [0.1, 0.15) is 5.82 Å². The standard InChI is InChI=1S/C25H24N4O3/c1-4-22(24(30)29-20-12-15(2)7-8-16(20)3)32-25(31)17-9-10-19-21(13-17)28-23(27-19)18-6-5-11-26-14-18/h5-14,22H,4H2,1-3H3,(H,27,28)(H,29,30). The van der Waals surface area contributed by atoms with Crippen LogP contribution in [-0.2, 0) is 9.53 Å². The Hall–Kier alpha value is -4.00.